The van der Waals surface area contributed by atoms with E-state index < -0.39 is 11.6 Å². The van der Waals surface area contributed by atoms with Crippen molar-refractivity contribution in [3.63, 3.8) is 0 Å². The summed E-state index contributed by atoms with van der Waals surface area (Å²) in [5, 5.41) is 0. The van der Waals surface area contributed by atoms with Crippen LogP contribution in [0.4, 0.5) is 0 Å². The number of likely N-dealkylation sites (tertiary alicyclic amines) is 1. The van der Waals surface area contributed by atoms with Gasteiger partial charge in [0.2, 0.25) is 11.6 Å². The lowest BCUT2D eigenvalue weighted by atomic mass is 9.53. The predicted molar refractivity (Wildman–Crippen MR) is 143 cm³/mol. The molecule has 0 amide bonds. The first kappa shape index (κ1) is 24.9. The molecule has 5 saturated carbocycles. The summed E-state index contributed by atoms with van der Waals surface area (Å²) in [6.45, 7) is 10.4. The topological polar surface area (TPSA) is 40.2 Å². The zero-order valence-corrected chi connectivity index (χ0v) is 23.3. The highest BCUT2D eigenvalue weighted by molar-refractivity contribution is 5.30. The van der Waals surface area contributed by atoms with Gasteiger partial charge in [0.25, 0.3) is 0 Å². The SMILES string of the molecule is CC(C)(C)CN1CCC(Oc2ccc(C3CCC[C@]4(C3)OOC3(O4)C4CC5CC(C4)CC3C5)cc2)CC1. The second-order valence-electron chi connectivity index (χ2n) is 14.7. The summed E-state index contributed by atoms with van der Waals surface area (Å²) in [5.41, 5.74) is 1.74. The number of ether oxygens (including phenoxy) is 2. The van der Waals surface area contributed by atoms with Crippen molar-refractivity contribution in [2.24, 2.45) is 29.1 Å². The van der Waals surface area contributed by atoms with Gasteiger partial charge in [-0.05, 0) is 98.7 Å². The molecule has 37 heavy (non-hydrogen) atoms. The first-order valence-corrected chi connectivity index (χ1v) is 15.3. The van der Waals surface area contributed by atoms with E-state index >= 15 is 0 Å². The van der Waals surface area contributed by atoms with Gasteiger partial charge < -0.3 is 14.4 Å². The van der Waals surface area contributed by atoms with Crippen LogP contribution in [0.15, 0.2) is 24.3 Å². The van der Waals surface area contributed by atoms with Crippen molar-refractivity contribution in [1.82, 2.24) is 4.90 Å². The molecule has 0 aromatic heterocycles. The van der Waals surface area contributed by atoms with Crippen LogP contribution < -0.4 is 4.74 Å². The van der Waals surface area contributed by atoms with Crippen LogP contribution in [0.5, 0.6) is 5.75 Å². The molecular formula is C32H47NO4. The lowest BCUT2D eigenvalue weighted by Crippen LogP contribution is -2.59. The van der Waals surface area contributed by atoms with Gasteiger partial charge in [0.15, 0.2) is 0 Å². The molecule has 1 aromatic rings. The Morgan fingerprint density at radius 2 is 1.57 bits per heavy atom. The Morgan fingerprint density at radius 3 is 2.22 bits per heavy atom. The summed E-state index contributed by atoms with van der Waals surface area (Å²) in [4.78, 5) is 15.1. The molecule has 5 nitrogen and oxygen atoms in total. The summed E-state index contributed by atoms with van der Waals surface area (Å²) in [5.74, 6) is 3.28. The van der Waals surface area contributed by atoms with Crippen LogP contribution in [0.25, 0.3) is 0 Å². The van der Waals surface area contributed by atoms with E-state index in [1.807, 2.05) is 0 Å². The molecule has 5 aliphatic carbocycles. The Hall–Kier alpha value is -1.14. The molecule has 7 aliphatic rings. The van der Waals surface area contributed by atoms with Crippen molar-refractivity contribution in [3.8, 4) is 5.75 Å². The average molecular weight is 510 g/mol. The molecule has 7 fully saturated rings. The van der Waals surface area contributed by atoms with E-state index in [0.29, 0.717) is 29.3 Å². The Labute approximate surface area is 223 Å². The van der Waals surface area contributed by atoms with Gasteiger partial charge >= 0.3 is 0 Å². The Morgan fingerprint density at radius 1 is 0.892 bits per heavy atom. The number of piperidine rings is 1. The summed E-state index contributed by atoms with van der Waals surface area (Å²) in [6.07, 6.45) is 13.2. The second kappa shape index (κ2) is 9.21. The van der Waals surface area contributed by atoms with Crippen LogP contribution in [0.1, 0.15) is 103 Å². The summed E-state index contributed by atoms with van der Waals surface area (Å²) >= 11 is 0. The van der Waals surface area contributed by atoms with E-state index in [1.165, 1.54) is 50.6 Å². The van der Waals surface area contributed by atoms with Gasteiger partial charge in [-0.2, -0.15) is 9.78 Å². The Bertz CT molecular complexity index is 934. The fraction of sp³-hybridized carbons (Fsp3) is 0.812. The standard InChI is InChI=1S/C32H47NO4/c1-30(2,3)21-33-13-10-29(11-14-33)34-28-8-6-24(7-9-28)25-5-4-12-31(20-25)35-32(37-36-31)26-16-22-15-23(18-26)19-27(32)17-22/h6-9,22-23,25-27,29H,4-5,10-21H2,1-3H3/t22?,23?,25?,26?,27?,31-,32?/m1/s1. The van der Waals surface area contributed by atoms with Crippen LogP contribution in [-0.2, 0) is 14.5 Å². The van der Waals surface area contributed by atoms with Crippen molar-refractivity contribution in [3.05, 3.63) is 29.8 Å². The first-order valence-electron chi connectivity index (χ1n) is 15.3. The van der Waals surface area contributed by atoms with Crippen LogP contribution >= 0.6 is 0 Å². The minimum Gasteiger partial charge on any atom is -0.490 e. The highest BCUT2D eigenvalue weighted by atomic mass is 17.3. The molecule has 2 atom stereocenters. The fourth-order valence-electron chi connectivity index (χ4n) is 9.13. The van der Waals surface area contributed by atoms with Crippen molar-refractivity contribution in [2.45, 2.75) is 115 Å². The second-order valence-corrected chi connectivity index (χ2v) is 14.7. The summed E-state index contributed by atoms with van der Waals surface area (Å²) in [6, 6.07) is 8.93. The predicted octanol–water partition coefficient (Wildman–Crippen LogP) is 7.06. The number of benzene rings is 1. The molecule has 2 saturated heterocycles. The van der Waals surface area contributed by atoms with Crippen LogP contribution in [-0.4, -0.2) is 42.2 Å². The molecule has 1 unspecified atom stereocenters. The third-order valence-corrected chi connectivity index (χ3v) is 10.5. The number of hydrogen-bond acceptors (Lipinski definition) is 5. The maximum atomic E-state index is 7.00. The van der Waals surface area contributed by atoms with Gasteiger partial charge in [-0.15, -0.1) is 0 Å². The highest BCUT2D eigenvalue weighted by Crippen LogP contribution is 2.64. The minimum atomic E-state index is -0.561. The molecule has 204 valence electrons. The molecule has 4 bridgehead atoms. The maximum Gasteiger partial charge on any atom is 0.210 e. The van der Waals surface area contributed by atoms with Gasteiger partial charge in [0.05, 0.1) is 0 Å². The monoisotopic (exact) mass is 509 g/mol. The average Bonchev–Trinajstić information content (AvgIpc) is 3.22. The zero-order chi connectivity index (χ0) is 25.3. The lowest BCUT2D eigenvalue weighted by molar-refractivity contribution is -0.390. The van der Waals surface area contributed by atoms with Crippen molar-refractivity contribution >= 4 is 0 Å². The molecule has 0 radical (unpaired) electrons. The van der Waals surface area contributed by atoms with E-state index in [1.54, 1.807) is 0 Å². The van der Waals surface area contributed by atoms with Crippen LogP contribution in [0, 0.1) is 29.1 Å². The third kappa shape index (κ3) is 4.77. The van der Waals surface area contributed by atoms with Gasteiger partial charge in [0.1, 0.15) is 11.9 Å². The van der Waals surface area contributed by atoms with Gasteiger partial charge in [-0.3, -0.25) is 0 Å². The zero-order valence-electron chi connectivity index (χ0n) is 23.3. The van der Waals surface area contributed by atoms with E-state index in [0.717, 1.165) is 62.8 Å². The fourth-order valence-corrected chi connectivity index (χ4v) is 9.13. The quantitative estimate of drug-likeness (QED) is 0.406. The van der Waals surface area contributed by atoms with Crippen molar-refractivity contribution in [1.29, 1.82) is 0 Å². The Kier molecular flexibility index (Phi) is 6.19. The maximum absolute atomic E-state index is 7.00. The minimum absolute atomic E-state index is 0.328. The number of rotatable bonds is 4. The van der Waals surface area contributed by atoms with E-state index in [-0.39, 0.29) is 0 Å². The number of nitrogens with zero attached hydrogens (tertiary/aromatic N) is 1. The van der Waals surface area contributed by atoms with Crippen molar-refractivity contribution < 1.29 is 19.2 Å². The van der Waals surface area contributed by atoms with Crippen LogP contribution in [0.2, 0.25) is 0 Å². The van der Waals surface area contributed by atoms with E-state index in [4.69, 9.17) is 19.2 Å². The third-order valence-electron chi connectivity index (χ3n) is 10.5. The first-order chi connectivity index (χ1) is 17.8. The Balaban J connectivity index is 0.964. The molecule has 2 aliphatic heterocycles. The van der Waals surface area contributed by atoms with Crippen LogP contribution in [0.3, 0.4) is 0 Å². The van der Waals surface area contributed by atoms with Gasteiger partial charge in [-0.1, -0.05) is 32.9 Å². The highest BCUT2D eigenvalue weighted by Gasteiger charge is 2.67. The van der Waals surface area contributed by atoms with E-state index in [2.05, 4.69) is 49.9 Å². The molecule has 0 N–H and O–H groups in total. The molecular weight excluding hydrogens is 462 g/mol. The molecule has 5 heteroatoms. The molecule has 8 rings (SSSR count). The molecule has 2 spiro atoms. The van der Waals surface area contributed by atoms with Gasteiger partial charge in [0, 0.05) is 44.3 Å². The number of hydrogen-bond donors (Lipinski definition) is 0. The largest absolute Gasteiger partial charge is 0.490 e. The molecule has 1 aromatic carbocycles. The molecule has 2 heterocycles. The summed E-state index contributed by atoms with van der Waals surface area (Å²) < 4.78 is 13.4. The smallest absolute Gasteiger partial charge is 0.210 e. The normalized spacial score (nSPS) is 42.2. The lowest BCUT2D eigenvalue weighted by Gasteiger charge is -2.57. The van der Waals surface area contributed by atoms with Gasteiger partial charge in [-0.25, -0.2) is 0 Å². The summed E-state index contributed by atoms with van der Waals surface area (Å²) in [7, 11) is 0. The van der Waals surface area contributed by atoms with E-state index in [9.17, 15) is 0 Å². The van der Waals surface area contributed by atoms with Crippen molar-refractivity contribution in [2.75, 3.05) is 19.6 Å².